The van der Waals surface area contributed by atoms with E-state index in [0.717, 1.165) is 13.1 Å². The van der Waals surface area contributed by atoms with Gasteiger partial charge < -0.3 is 15.0 Å². The lowest BCUT2D eigenvalue weighted by Crippen LogP contribution is -2.40. The molecular weight excluding hydrogens is 250 g/mol. The third kappa shape index (κ3) is 5.94. The maximum Gasteiger partial charge on any atom is 0.298 e. The summed E-state index contributed by atoms with van der Waals surface area (Å²) < 4.78 is 4.44. The summed E-state index contributed by atoms with van der Waals surface area (Å²) >= 11 is 0. The Labute approximate surface area is 111 Å². The standard InChI is InChI=1S/C7H5NO4.C5H12N2/c9-5-12-7-3-1-6(2-4-7)8(10)11;1-7-4-2-6-3-5-7/h1-5H;6H,2-5H2,1H3. The molecule has 0 atom stereocenters. The van der Waals surface area contributed by atoms with Gasteiger partial charge in [-0.1, -0.05) is 0 Å². The number of hydrogen-bond acceptors (Lipinski definition) is 6. The maximum atomic E-state index is 10.2. The lowest BCUT2D eigenvalue weighted by molar-refractivity contribution is -0.384. The zero-order valence-electron chi connectivity index (χ0n) is 10.7. The van der Waals surface area contributed by atoms with E-state index in [2.05, 4.69) is 22.0 Å². The molecule has 0 saturated carbocycles. The number of piperazine rings is 1. The molecule has 1 aromatic rings. The predicted molar refractivity (Wildman–Crippen MR) is 70.2 cm³/mol. The average Bonchev–Trinajstić information content (AvgIpc) is 2.41. The van der Waals surface area contributed by atoms with Crippen LogP contribution in [0.5, 0.6) is 5.75 Å². The minimum Gasteiger partial charge on any atom is -0.429 e. The summed E-state index contributed by atoms with van der Waals surface area (Å²) in [4.78, 5) is 21.8. The fourth-order valence-electron chi connectivity index (χ4n) is 1.48. The first-order chi connectivity index (χ1) is 9.13. The number of likely N-dealkylation sites (N-methyl/N-ethyl adjacent to an activating group) is 1. The van der Waals surface area contributed by atoms with E-state index in [1.807, 2.05) is 0 Å². The van der Waals surface area contributed by atoms with Gasteiger partial charge in [-0.05, 0) is 19.2 Å². The first-order valence-corrected chi connectivity index (χ1v) is 5.87. The molecule has 0 bridgehead atoms. The molecule has 19 heavy (non-hydrogen) atoms. The van der Waals surface area contributed by atoms with E-state index in [9.17, 15) is 14.9 Å². The second-order valence-electron chi connectivity index (χ2n) is 4.02. The van der Waals surface area contributed by atoms with Gasteiger partial charge in [0.1, 0.15) is 5.75 Å². The highest BCUT2D eigenvalue weighted by Gasteiger charge is 2.03. The molecule has 7 nitrogen and oxygen atoms in total. The third-order valence-corrected chi connectivity index (χ3v) is 2.57. The fraction of sp³-hybridized carbons (Fsp3) is 0.417. The van der Waals surface area contributed by atoms with E-state index in [4.69, 9.17) is 0 Å². The van der Waals surface area contributed by atoms with Crippen molar-refractivity contribution in [1.29, 1.82) is 0 Å². The number of rotatable bonds is 3. The molecule has 1 aliphatic rings. The van der Waals surface area contributed by atoms with Gasteiger partial charge in [-0.25, -0.2) is 0 Å². The van der Waals surface area contributed by atoms with Gasteiger partial charge in [0.15, 0.2) is 0 Å². The summed E-state index contributed by atoms with van der Waals surface area (Å²) in [6.07, 6.45) is 0. The number of carbonyl (C=O) groups is 1. The zero-order valence-corrected chi connectivity index (χ0v) is 10.7. The fourth-order valence-corrected chi connectivity index (χ4v) is 1.48. The normalized spacial score (nSPS) is 15.0. The van der Waals surface area contributed by atoms with Gasteiger partial charge in [0.2, 0.25) is 0 Å². The van der Waals surface area contributed by atoms with Gasteiger partial charge in [0, 0.05) is 38.3 Å². The van der Waals surface area contributed by atoms with Crippen LogP contribution in [0.3, 0.4) is 0 Å². The van der Waals surface area contributed by atoms with Crippen LogP contribution < -0.4 is 10.1 Å². The van der Waals surface area contributed by atoms with E-state index < -0.39 is 4.92 Å². The highest BCUT2D eigenvalue weighted by atomic mass is 16.6. The van der Waals surface area contributed by atoms with E-state index >= 15 is 0 Å². The molecular formula is C12H17N3O4. The quantitative estimate of drug-likeness (QED) is 0.492. The van der Waals surface area contributed by atoms with Gasteiger partial charge in [0.05, 0.1) is 4.92 Å². The van der Waals surface area contributed by atoms with Gasteiger partial charge in [0.25, 0.3) is 12.2 Å². The molecule has 1 N–H and O–H groups in total. The lowest BCUT2D eigenvalue weighted by Gasteiger charge is -2.21. The number of hydrogen-bond donors (Lipinski definition) is 1. The van der Waals surface area contributed by atoms with Crippen molar-refractivity contribution in [3.8, 4) is 5.75 Å². The van der Waals surface area contributed by atoms with Crippen LogP contribution in [-0.2, 0) is 4.79 Å². The smallest absolute Gasteiger partial charge is 0.298 e. The van der Waals surface area contributed by atoms with Crippen LogP contribution in [0.1, 0.15) is 0 Å². The summed E-state index contributed by atoms with van der Waals surface area (Å²) in [6, 6.07) is 5.23. The Hall–Kier alpha value is -1.99. The van der Waals surface area contributed by atoms with E-state index in [1.165, 1.54) is 37.4 Å². The number of nitro groups is 1. The van der Waals surface area contributed by atoms with Crippen LogP contribution in [0.25, 0.3) is 0 Å². The van der Waals surface area contributed by atoms with Gasteiger partial charge in [-0.15, -0.1) is 0 Å². The van der Waals surface area contributed by atoms with Crippen LogP contribution in [0.15, 0.2) is 24.3 Å². The third-order valence-electron chi connectivity index (χ3n) is 2.57. The average molecular weight is 267 g/mol. The molecule has 1 aliphatic heterocycles. The Morgan fingerprint density at radius 1 is 1.32 bits per heavy atom. The van der Waals surface area contributed by atoms with E-state index in [1.54, 1.807) is 0 Å². The number of non-ortho nitro benzene ring substituents is 1. The molecule has 7 heteroatoms. The summed E-state index contributed by atoms with van der Waals surface area (Å²) in [6.45, 7) is 5.01. The maximum absolute atomic E-state index is 10.2. The molecule has 104 valence electrons. The Bertz CT molecular complexity index is 402. The molecule has 0 amide bonds. The van der Waals surface area contributed by atoms with Crippen molar-refractivity contribution in [3.63, 3.8) is 0 Å². The Balaban J connectivity index is 0.000000218. The number of benzene rings is 1. The summed E-state index contributed by atoms with van der Waals surface area (Å²) in [5.41, 5.74) is -0.0340. The van der Waals surface area contributed by atoms with Crippen LogP contribution in [-0.4, -0.2) is 49.5 Å². The van der Waals surface area contributed by atoms with Crippen molar-refractivity contribution in [3.05, 3.63) is 34.4 Å². The molecule has 1 fully saturated rings. The summed E-state index contributed by atoms with van der Waals surface area (Å²) in [5, 5.41) is 13.4. The molecule has 2 rings (SSSR count). The summed E-state index contributed by atoms with van der Waals surface area (Å²) in [5.74, 6) is 0.288. The number of ether oxygens (including phenoxy) is 1. The highest BCUT2D eigenvalue weighted by Crippen LogP contribution is 2.16. The Morgan fingerprint density at radius 2 is 1.89 bits per heavy atom. The van der Waals surface area contributed by atoms with Crippen molar-refractivity contribution in [2.75, 3.05) is 33.2 Å². The zero-order chi connectivity index (χ0) is 14.1. The minimum absolute atomic E-state index is 0.0340. The molecule has 0 aromatic heterocycles. The molecule has 0 unspecified atom stereocenters. The molecule has 1 aromatic carbocycles. The largest absolute Gasteiger partial charge is 0.429 e. The SMILES string of the molecule is CN1CCNCC1.O=COc1ccc([N+](=O)[O-])cc1. The van der Waals surface area contributed by atoms with Crippen molar-refractivity contribution in [2.45, 2.75) is 0 Å². The Kier molecular flexibility index (Phi) is 6.48. The van der Waals surface area contributed by atoms with Crippen LogP contribution >= 0.6 is 0 Å². The number of nitro benzene ring substituents is 1. The van der Waals surface area contributed by atoms with Crippen LogP contribution in [0.4, 0.5) is 5.69 Å². The van der Waals surface area contributed by atoms with Crippen LogP contribution in [0.2, 0.25) is 0 Å². The van der Waals surface area contributed by atoms with Gasteiger partial charge in [-0.2, -0.15) is 0 Å². The van der Waals surface area contributed by atoms with Crippen molar-refractivity contribution in [1.82, 2.24) is 10.2 Å². The molecule has 0 spiro atoms. The Morgan fingerprint density at radius 3 is 2.26 bits per heavy atom. The number of nitrogens with one attached hydrogen (secondary N) is 1. The monoisotopic (exact) mass is 267 g/mol. The van der Waals surface area contributed by atoms with Crippen molar-refractivity contribution < 1.29 is 14.5 Å². The lowest BCUT2D eigenvalue weighted by atomic mass is 10.3. The highest BCUT2D eigenvalue weighted by molar-refractivity contribution is 5.46. The van der Waals surface area contributed by atoms with Gasteiger partial charge in [-0.3, -0.25) is 14.9 Å². The van der Waals surface area contributed by atoms with Crippen molar-refractivity contribution >= 4 is 12.2 Å². The predicted octanol–water partition coefficient (Wildman–Crippen LogP) is 0.651. The molecule has 0 aliphatic carbocycles. The molecule has 1 saturated heterocycles. The number of nitrogens with zero attached hydrogens (tertiary/aromatic N) is 2. The first kappa shape index (κ1) is 15.1. The number of carbonyl (C=O) groups excluding carboxylic acids is 1. The van der Waals surface area contributed by atoms with Crippen molar-refractivity contribution in [2.24, 2.45) is 0 Å². The van der Waals surface area contributed by atoms with E-state index in [0.29, 0.717) is 0 Å². The van der Waals surface area contributed by atoms with E-state index in [-0.39, 0.29) is 17.9 Å². The minimum atomic E-state index is -0.523. The summed E-state index contributed by atoms with van der Waals surface area (Å²) in [7, 11) is 2.15. The second-order valence-corrected chi connectivity index (χ2v) is 4.02. The molecule has 0 radical (unpaired) electrons. The first-order valence-electron chi connectivity index (χ1n) is 5.87. The second kappa shape index (κ2) is 8.17. The van der Waals surface area contributed by atoms with Gasteiger partial charge >= 0.3 is 0 Å². The van der Waals surface area contributed by atoms with Crippen LogP contribution in [0, 0.1) is 10.1 Å². The topological polar surface area (TPSA) is 84.7 Å². The molecule has 1 heterocycles.